The lowest BCUT2D eigenvalue weighted by Crippen LogP contribution is -2.26. The maximum atomic E-state index is 13.9. The third kappa shape index (κ3) is 6.25. The first-order chi connectivity index (χ1) is 16.7. The first kappa shape index (κ1) is 25.5. The van der Waals surface area contributed by atoms with Crippen molar-refractivity contribution < 1.29 is 37.0 Å². The minimum atomic E-state index is -1.07. The third-order valence-corrected chi connectivity index (χ3v) is 4.78. The van der Waals surface area contributed by atoms with Crippen molar-refractivity contribution in [3.05, 3.63) is 65.1 Å². The van der Waals surface area contributed by atoms with Crippen LogP contribution in [-0.4, -0.2) is 30.2 Å². The third-order valence-electron chi connectivity index (χ3n) is 4.78. The van der Waals surface area contributed by atoms with Crippen molar-refractivity contribution in [1.29, 1.82) is 0 Å². The Labute approximate surface area is 200 Å². The van der Waals surface area contributed by atoms with Gasteiger partial charge in [0.25, 0.3) is 5.91 Å². The van der Waals surface area contributed by atoms with E-state index in [0.29, 0.717) is 36.3 Å². The highest BCUT2D eigenvalue weighted by Crippen LogP contribution is 2.34. The first-order valence-corrected chi connectivity index (χ1v) is 10.8. The van der Waals surface area contributed by atoms with E-state index in [1.165, 1.54) is 13.0 Å². The molecule has 0 spiro atoms. The van der Waals surface area contributed by atoms with Gasteiger partial charge in [-0.15, -0.1) is 0 Å². The molecule has 1 atom stereocenters. The van der Waals surface area contributed by atoms with Crippen LogP contribution in [0.15, 0.2) is 40.8 Å². The van der Waals surface area contributed by atoms with Gasteiger partial charge in [-0.2, -0.15) is 0 Å². The number of aromatic nitrogens is 1. The second kappa shape index (κ2) is 11.3. The Morgan fingerprint density at radius 1 is 1.09 bits per heavy atom. The molecule has 3 N–H and O–H groups in total. The van der Waals surface area contributed by atoms with Crippen molar-refractivity contribution in [2.45, 2.75) is 33.4 Å². The molecule has 9 nitrogen and oxygen atoms in total. The van der Waals surface area contributed by atoms with Gasteiger partial charge < -0.3 is 29.7 Å². The predicted molar refractivity (Wildman–Crippen MR) is 121 cm³/mol. The maximum Gasteiger partial charge on any atom is 0.405 e. The number of nitrogens with zero attached hydrogens (tertiary/aromatic N) is 1. The molecule has 0 bridgehead atoms. The van der Waals surface area contributed by atoms with Crippen molar-refractivity contribution in [2.24, 2.45) is 5.73 Å². The molecule has 0 aliphatic rings. The summed E-state index contributed by atoms with van der Waals surface area (Å²) in [7, 11) is 0. The molecule has 0 saturated heterocycles. The second-order valence-corrected chi connectivity index (χ2v) is 7.26. The van der Waals surface area contributed by atoms with Gasteiger partial charge >= 0.3 is 6.09 Å². The fourth-order valence-electron chi connectivity index (χ4n) is 3.23. The molecule has 0 aliphatic carbocycles. The SMILES string of the molecule is CCOc1ccc(-c2nc(C(=O)NCc3ccc(F)cc3F)c([C@H](C)OC(N)=O)o2)cc1OCC. The normalized spacial score (nSPS) is 11.6. The van der Waals surface area contributed by atoms with Gasteiger partial charge in [-0.3, -0.25) is 4.79 Å². The number of oxazole rings is 1. The first-order valence-electron chi connectivity index (χ1n) is 10.8. The Bertz CT molecular complexity index is 1210. The van der Waals surface area contributed by atoms with Crippen molar-refractivity contribution in [2.75, 3.05) is 13.2 Å². The second-order valence-electron chi connectivity index (χ2n) is 7.26. The van der Waals surface area contributed by atoms with E-state index in [0.717, 1.165) is 6.07 Å². The van der Waals surface area contributed by atoms with E-state index < -0.39 is 29.7 Å². The van der Waals surface area contributed by atoms with Gasteiger partial charge in [0.1, 0.15) is 11.6 Å². The van der Waals surface area contributed by atoms with Gasteiger partial charge in [0, 0.05) is 23.7 Å². The van der Waals surface area contributed by atoms with Crippen LogP contribution >= 0.6 is 0 Å². The zero-order chi connectivity index (χ0) is 25.5. The summed E-state index contributed by atoms with van der Waals surface area (Å²) in [6.45, 7) is 5.69. The quantitative estimate of drug-likeness (QED) is 0.429. The molecular weight excluding hydrogens is 464 g/mol. The van der Waals surface area contributed by atoms with Crippen LogP contribution in [0.2, 0.25) is 0 Å². The van der Waals surface area contributed by atoms with Crippen LogP contribution in [0.4, 0.5) is 13.6 Å². The van der Waals surface area contributed by atoms with Crippen LogP contribution in [-0.2, 0) is 11.3 Å². The Morgan fingerprint density at radius 3 is 2.46 bits per heavy atom. The highest BCUT2D eigenvalue weighted by atomic mass is 19.1. The molecule has 0 unspecified atom stereocenters. The lowest BCUT2D eigenvalue weighted by molar-refractivity contribution is 0.0904. The number of carbonyl (C=O) groups excluding carboxylic acids is 2. The fourth-order valence-corrected chi connectivity index (χ4v) is 3.23. The van der Waals surface area contributed by atoms with Gasteiger partial charge in [-0.1, -0.05) is 6.07 Å². The highest BCUT2D eigenvalue weighted by molar-refractivity contribution is 5.94. The van der Waals surface area contributed by atoms with E-state index in [9.17, 15) is 18.4 Å². The molecule has 186 valence electrons. The van der Waals surface area contributed by atoms with Crippen LogP contribution in [0, 0.1) is 11.6 Å². The summed E-state index contributed by atoms with van der Waals surface area (Å²) >= 11 is 0. The van der Waals surface area contributed by atoms with E-state index in [2.05, 4.69) is 10.3 Å². The zero-order valence-corrected chi connectivity index (χ0v) is 19.4. The molecule has 3 aromatic rings. The number of primary amides is 1. The lowest BCUT2D eigenvalue weighted by atomic mass is 10.2. The van der Waals surface area contributed by atoms with E-state index in [1.54, 1.807) is 18.2 Å². The van der Waals surface area contributed by atoms with Gasteiger partial charge in [0.15, 0.2) is 29.1 Å². The molecule has 2 aromatic carbocycles. The number of ether oxygens (including phenoxy) is 3. The number of rotatable bonds is 10. The van der Waals surface area contributed by atoms with Gasteiger partial charge in [-0.05, 0) is 45.0 Å². The van der Waals surface area contributed by atoms with Crippen molar-refractivity contribution in [1.82, 2.24) is 10.3 Å². The smallest absolute Gasteiger partial charge is 0.405 e. The average molecular weight is 489 g/mol. The number of carbonyl (C=O) groups is 2. The Balaban J connectivity index is 1.94. The summed E-state index contributed by atoms with van der Waals surface area (Å²) < 4.78 is 49.0. The molecule has 2 amide bonds. The average Bonchev–Trinajstić information content (AvgIpc) is 3.25. The van der Waals surface area contributed by atoms with Crippen LogP contribution in [0.3, 0.4) is 0 Å². The molecule has 11 heteroatoms. The summed E-state index contributed by atoms with van der Waals surface area (Å²) in [4.78, 5) is 28.5. The predicted octanol–water partition coefficient (Wildman–Crippen LogP) is 4.50. The fraction of sp³-hybridized carbons (Fsp3) is 0.292. The molecule has 0 aliphatic heterocycles. The Hall–Kier alpha value is -4.15. The number of hydrogen-bond acceptors (Lipinski definition) is 7. The minimum Gasteiger partial charge on any atom is -0.490 e. The standard InChI is InChI=1S/C24H25F2N3O6/c1-4-32-18-9-7-14(10-19(18)33-5-2)23-29-20(21(35-23)13(3)34-24(27)31)22(30)28-12-15-6-8-16(25)11-17(15)26/h6-11,13H,4-5,12H2,1-3H3,(H2,27,31)(H,28,30)/t13-/m0/s1. The van der Waals surface area contributed by atoms with E-state index >= 15 is 0 Å². The monoisotopic (exact) mass is 489 g/mol. The largest absolute Gasteiger partial charge is 0.490 e. The molecule has 35 heavy (non-hydrogen) atoms. The van der Waals surface area contributed by atoms with Crippen LogP contribution in [0.5, 0.6) is 11.5 Å². The van der Waals surface area contributed by atoms with E-state index in [4.69, 9.17) is 24.4 Å². The summed E-state index contributed by atoms with van der Waals surface area (Å²) in [6, 6.07) is 7.99. The summed E-state index contributed by atoms with van der Waals surface area (Å²) in [5, 5.41) is 2.51. The van der Waals surface area contributed by atoms with Crippen LogP contribution in [0.25, 0.3) is 11.5 Å². The Morgan fingerprint density at radius 2 is 1.80 bits per heavy atom. The lowest BCUT2D eigenvalue weighted by Gasteiger charge is -2.11. The van der Waals surface area contributed by atoms with Crippen molar-refractivity contribution in [3.63, 3.8) is 0 Å². The number of benzene rings is 2. The minimum absolute atomic E-state index is 0.0436. The zero-order valence-electron chi connectivity index (χ0n) is 19.4. The van der Waals surface area contributed by atoms with Crippen LogP contribution < -0.4 is 20.5 Å². The highest BCUT2D eigenvalue weighted by Gasteiger charge is 2.27. The van der Waals surface area contributed by atoms with Gasteiger partial charge in [-0.25, -0.2) is 18.6 Å². The maximum absolute atomic E-state index is 13.9. The molecule has 1 heterocycles. The van der Waals surface area contributed by atoms with Crippen molar-refractivity contribution >= 4 is 12.0 Å². The molecule has 0 radical (unpaired) electrons. The number of nitrogens with one attached hydrogen (secondary N) is 1. The molecule has 3 rings (SSSR count). The molecule has 0 saturated carbocycles. The molecule has 0 fully saturated rings. The summed E-state index contributed by atoms with van der Waals surface area (Å²) in [5.41, 5.74) is 5.45. The summed E-state index contributed by atoms with van der Waals surface area (Å²) in [5.74, 6) is -1.32. The van der Waals surface area contributed by atoms with E-state index in [-0.39, 0.29) is 29.5 Å². The van der Waals surface area contributed by atoms with Gasteiger partial charge in [0.05, 0.1) is 13.2 Å². The summed E-state index contributed by atoms with van der Waals surface area (Å²) in [6.07, 6.45) is -2.12. The molecule has 1 aromatic heterocycles. The number of halogens is 2. The number of hydrogen-bond donors (Lipinski definition) is 2. The van der Waals surface area contributed by atoms with E-state index in [1.807, 2.05) is 13.8 Å². The van der Waals surface area contributed by atoms with Gasteiger partial charge in [0.2, 0.25) is 5.89 Å². The topological polar surface area (TPSA) is 126 Å². The molecular formula is C24H25F2N3O6. The Kier molecular flexibility index (Phi) is 8.24. The number of amides is 2. The van der Waals surface area contributed by atoms with Crippen LogP contribution in [0.1, 0.15) is 48.7 Å². The van der Waals surface area contributed by atoms with Crippen molar-refractivity contribution in [3.8, 4) is 23.0 Å². The number of nitrogens with two attached hydrogens (primary N) is 1.